The molecular weight excluding hydrogens is 378 g/mol. The lowest BCUT2D eigenvalue weighted by Gasteiger charge is -2.29. The third kappa shape index (κ3) is 4.44. The molecule has 30 heavy (non-hydrogen) atoms. The molecule has 0 aliphatic carbocycles. The van der Waals surface area contributed by atoms with Gasteiger partial charge in [-0.15, -0.1) is 0 Å². The Morgan fingerprint density at radius 3 is 2.57 bits per heavy atom. The second-order valence-electron chi connectivity index (χ2n) is 7.22. The first-order chi connectivity index (χ1) is 14.6. The number of pyridine rings is 1. The normalized spacial score (nSPS) is 13.7. The number of anilines is 2. The lowest BCUT2D eigenvalue weighted by molar-refractivity contribution is 0.102. The van der Waals surface area contributed by atoms with Crippen molar-refractivity contribution in [2.75, 3.05) is 43.6 Å². The summed E-state index contributed by atoms with van der Waals surface area (Å²) < 4.78 is 10.7. The highest BCUT2D eigenvalue weighted by molar-refractivity contribution is 6.08. The summed E-state index contributed by atoms with van der Waals surface area (Å²) in [5.41, 5.74) is 4.27. The maximum absolute atomic E-state index is 13.1. The molecule has 6 heteroatoms. The van der Waals surface area contributed by atoms with Crippen LogP contribution in [0.2, 0.25) is 0 Å². The van der Waals surface area contributed by atoms with Gasteiger partial charge in [-0.3, -0.25) is 4.79 Å². The fourth-order valence-electron chi connectivity index (χ4n) is 3.43. The molecule has 1 aliphatic rings. The fourth-order valence-corrected chi connectivity index (χ4v) is 3.43. The van der Waals surface area contributed by atoms with E-state index in [2.05, 4.69) is 41.4 Å². The van der Waals surface area contributed by atoms with Gasteiger partial charge < -0.3 is 19.7 Å². The predicted octanol–water partition coefficient (Wildman–Crippen LogP) is 4.15. The van der Waals surface area contributed by atoms with Gasteiger partial charge in [-0.05, 0) is 31.2 Å². The predicted molar refractivity (Wildman–Crippen MR) is 118 cm³/mol. The van der Waals surface area contributed by atoms with Crippen molar-refractivity contribution in [2.45, 2.75) is 6.92 Å². The Bertz CT molecular complexity index is 1030. The number of carbonyl (C=O) groups excluding carboxylic acids is 1. The third-order valence-corrected chi connectivity index (χ3v) is 5.11. The van der Waals surface area contributed by atoms with Crippen LogP contribution in [0, 0.1) is 6.92 Å². The monoisotopic (exact) mass is 403 g/mol. The van der Waals surface area contributed by atoms with Gasteiger partial charge in [0.25, 0.3) is 5.91 Å². The highest BCUT2D eigenvalue weighted by Gasteiger charge is 2.21. The maximum Gasteiger partial charge on any atom is 0.259 e. The molecule has 1 saturated heterocycles. The van der Waals surface area contributed by atoms with E-state index in [4.69, 9.17) is 14.5 Å². The second kappa shape index (κ2) is 8.97. The van der Waals surface area contributed by atoms with E-state index in [0.29, 0.717) is 49.1 Å². The smallest absolute Gasteiger partial charge is 0.259 e. The summed E-state index contributed by atoms with van der Waals surface area (Å²) in [5, 5.41) is 2.96. The van der Waals surface area contributed by atoms with Crippen LogP contribution >= 0.6 is 0 Å². The van der Waals surface area contributed by atoms with Gasteiger partial charge in [0.1, 0.15) is 11.6 Å². The molecule has 2 aromatic carbocycles. The van der Waals surface area contributed by atoms with E-state index in [9.17, 15) is 4.79 Å². The molecule has 0 atom stereocenters. The fraction of sp³-hybridized carbons (Fsp3) is 0.250. The van der Waals surface area contributed by atoms with Crippen LogP contribution in [0.15, 0.2) is 60.7 Å². The molecule has 6 nitrogen and oxygen atoms in total. The Morgan fingerprint density at radius 1 is 1.07 bits per heavy atom. The van der Waals surface area contributed by atoms with E-state index in [1.54, 1.807) is 13.2 Å². The molecule has 1 aromatic heterocycles. The lowest BCUT2D eigenvalue weighted by atomic mass is 10.1. The van der Waals surface area contributed by atoms with Crippen LogP contribution in [0.3, 0.4) is 0 Å². The van der Waals surface area contributed by atoms with Gasteiger partial charge in [0.2, 0.25) is 0 Å². The number of nitrogens with zero attached hydrogens (tertiary/aromatic N) is 2. The van der Waals surface area contributed by atoms with Crippen LogP contribution in [0.1, 0.15) is 15.9 Å². The number of rotatable bonds is 5. The number of methoxy groups -OCH3 is 1. The number of hydrogen-bond acceptors (Lipinski definition) is 5. The number of hydrogen-bond donors (Lipinski definition) is 1. The van der Waals surface area contributed by atoms with Crippen LogP contribution < -0.4 is 15.0 Å². The Labute approximate surface area is 176 Å². The van der Waals surface area contributed by atoms with Crippen molar-refractivity contribution >= 4 is 17.4 Å². The van der Waals surface area contributed by atoms with Crippen molar-refractivity contribution < 1.29 is 14.3 Å². The minimum absolute atomic E-state index is 0.201. The van der Waals surface area contributed by atoms with Gasteiger partial charge in [0.05, 0.1) is 31.6 Å². The summed E-state index contributed by atoms with van der Waals surface area (Å²) in [6.07, 6.45) is 0. The Kier molecular flexibility index (Phi) is 5.95. The molecule has 0 saturated carbocycles. The molecule has 2 heterocycles. The number of benzene rings is 2. The standard InChI is InChI=1S/C24H25N3O3/c1-17-6-8-18(9-7-17)22-11-10-21(23(26-22)27-12-14-30-15-13-27)24(28)25-19-4-3-5-20(16-19)29-2/h3-11,16H,12-15H2,1-2H3,(H,25,28). The molecule has 0 spiro atoms. The molecule has 1 aliphatic heterocycles. The van der Waals surface area contributed by atoms with Crippen LogP contribution in [0.5, 0.6) is 5.75 Å². The van der Waals surface area contributed by atoms with Crippen LogP contribution in [-0.2, 0) is 4.74 Å². The Morgan fingerprint density at radius 2 is 1.83 bits per heavy atom. The van der Waals surface area contributed by atoms with E-state index in [-0.39, 0.29) is 5.91 Å². The van der Waals surface area contributed by atoms with E-state index >= 15 is 0 Å². The number of carbonyl (C=O) groups is 1. The van der Waals surface area contributed by atoms with Gasteiger partial charge in [0, 0.05) is 30.4 Å². The molecule has 1 fully saturated rings. The summed E-state index contributed by atoms with van der Waals surface area (Å²) in [6.45, 7) is 4.69. The summed E-state index contributed by atoms with van der Waals surface area (Å²) >= 11 is 0. The number of amides is 1. The molecule has 154 valence electrons. The third-order valence-electron chi connectivity index (χ3n) is 5.11. The van der Waals surface area contributed by atoms with Crippen molar-refractivity contribution in [3.05, 3.63) is 71.8 Å². The van der Waals surface area contributed by atoms with E-state index in [1.165, 1.54) is 5.56 Å². The summed E-state index contributed by atoms with van der Waals surface area (Å²) in [7, 11) is 1.60. The minimum Gasteiger partial charge on any atom is -0.497 e. The molecule has 4 rings (SSSR count). The molecule has 0 radical (unpaired) electrons. The molecule has 1 amide bonds. The topological polar surface area (TPSA) is 63.7 Å². The van der Waals surface area contributed by atoms with Gasteiger partial charge in [-0.25, -0.2) is 4.98 Å². The largest absolute Gasteiger partial charge is 0.497 e. The zero-order valence-electron chi connectivity index (χ0n) is 17.2. The number of morpholine rings is 1. The van der Waals surface area contributed by atoms with E-state index < -0.39 is 0 Å². The number of ether oxygens (including phenoxy) is 2. The summed E-state index contributed by atoms with van der Waals surface area (Å²) in [5.74, 6) is 1.17. The highest BCUT2D eigenvalue weighted by atomic mass is 16.5. The zero-order valence-corrected chi connectivity index (χ0v) is 17.2. The van der Waals surface area contributed by atoms with Crippen molar-refractivity contribution in [3.63, 3.8) is 0 Å². The lowest BCUT2D eigenvalue weighted by Crippen LogP contribution is -2.38. The van der Waals surface area contributed by atoms with Gasteiger partial charge >= 0.3 is 0 Å². The average molecular weight is 403 g/mol. The first-order valence-electron chi connectivity index (χ1n) is 10.0. The molecule has 0 unspecified atom stereocenters. The van der Waals surface area contributed by atoms with Crippen molar-refractivity contribution in [2.24, 2.45) is 0 Å². The highest BCUT2D eigenvalue weighted by Crippen LogP contribution is 2.27. The molecule has 3 aromatic rings. The van der Waals surface area contributed by atoms with Crippen LogP contribution in [0.4, 0.5) is 11.5 Å². The van der Waals surface area contributed by atoms with Crippen molar-refractivity contribution in [3.8, 4) is 17.0 Å². The van der Waals surface area contributed by atoms with Crippen LogP contribution in [-0.4, -0.2) is 44.3 Å². The Balaban J connectivity index is 1.68. The first-order valence-corrected chi connectivity index (χ1v) is 10.0. The quantitative estimate of drug-likeness (QED) is 0.693. The van der Waals surface area contributed by atoms with Gasteiger partial charge in [-0.2, -0.15) is 0 Å². The molecule has 1 N–H and O–H groups in total. The van der Waals surface area contributed by atoms with Crippen LogP contribution in [0.25, 0.3) is 11.3 Å². The average Bonchev–Trinajstić information content (AvgIpc) is 2.80. The SMILES string of the molecule is COc1cccc(NC(=O)c2ccc(-c3ccc(C)cc3)nc2N2CCOCC2)c1. The number of nitrogens with one attached hydrogen (secondary N) is 1. The van der Waals surface area contributed by atoms with E-state index in [1.807, 2.05) is 30.3 Å². The first kappa shape index (κ1) is 19.9. The van der Waals surface area contributed by atoms with Gasteiger partial charge in [0.15, 0.2) is 0 Å². The maximum atomic E-state index is 13.1. The van der Waals surface area contributed by atoms with E-state index in [0.717, 1.165) is 11.3 Å². The van der Waals surface area contributed by atoms with Gasteiger partial charge in [-0.1, -0.05) is 35.9 Å². The zero-order chi connectivity index (χ0) is 20.9. The Hall–Kier alpha value is -3.38. The summed E-state index contributed by atoms with van der Waals surface area (Å²) in [6, 6.07) is 19.3. The number of aromatic nitrogens is 1. The summed E-state index contributed by atoms with van der Waals surface area (Å²) in [4.78, 5) is 20.1. The van der Waals surface area contributed by atoms with Crippen molar-refractivity contribution in [1.29, 1.82) is 0 Å². The molecule has 0 bridgehead atoms. The number of aryl methyl sites for hydroxylation is 1. The second-order valence-corrected chi connectivity index (χ2v) is 7.22. The minimum atomic E-state index is -0.201. The van der Waals surface area contributed by atoms with Crippen molar-refractivity contribution in [1.82, 2.24) is 4.98 Å². The molecular formula is C24H25N3O3.